The normalized spacial score (nSPS) is 10.7. The van der Waals surface area contributed by atoms with Gasteiger partial charge in [-0.25, -0.2) is 0 Å². The SMILES string of the molecule is COc1ccc(C(=O)N(Cc2cccnc2)Cc2cc3ccccc3[nH]c2=O)cc1. The molecule has 0 aliphatic carbocycles. The lowest BCUT2D eigenvalue weighted by atomic mass is 10.1. The molecule has 0 bridgehead atoms. The Hall–Kier alpha value is -3.93. The number of carbonyl (C=O) groups is 1. The summed E-state index contributed by atoms with van der Waals surface area (Å²) < 4.78 is 5.18. The molecule has 0 saturated heterocycles. The van der Waals surface area contributed by atoms with E-state index in [-0.39, 0.29) is 18.0 Å². The van der Waals surface area contributed by atoms with Gasteiger partial charge in [0.15, 0.2) is 0 Å². The van der Waals surface area contributed by atoms with Gasteiger partial charge in [0.1, 0.15) is 5.75 Å². The topological polar surface area (TPSA) is 75.3 Å². The molecule has 30 heavy (non-hydrogen) atoms. The Morgan fingerprint density at radius 1 is 1.03 bits per heavy atom. The molecule has 0 atom stereocenters. The first-order chi connectivity index (χ1) is 14.6. The Bertz CT molecular complexity index is 1220. The largest absolute Gasteiger partial charge is 0.497 e. The van der Waals surface area contributed by atoms with E-state index < -0.39 is 0 Å². The fourth-order valence-electron chi connectivity index (χ4n) is 3.34. The summed E-state index contributed by atoms with van der Waals surface area (Å²) in [4.78, 5) is 34.6. The molecule has 0 radical (unpaired) electrons. The van der Waals surface area contributed by atoms with Crippen LogP contribution in [0.25, 0.3) is 10.9 Å². The average molecular weight is 399 g/mol. The molecular weight excluding hydrogens is 378 g/mol. The second kappa shape index (κ2) is 8.61. The smallest absolute Gasteiger partial charge is 0.254 e. The lowest BCUT2D eigenvalue weighted by Gasteiger charge is -2.23. The number of hydrogen-bond donors (Lipinski definition) is 1. The highest BCUT2D eigenvalue weighted by molar-refractivity contribution is 5.94. The highest BCUT2D eigenvalue weighted by Crippen LogP contribution is 2.17. The zero-order chi connectivity index (χ0) is 20.9. The lowest BCUT2D eigenvalue weighted by Crippen LogP contribution is -2.32. The van der Waals surface area contributed by atoms with E-state index in [1.165, 1.54) is 0 Å². The highest BCUT2D eigenvalue weighted by atomic mass is 16.5. The van der Waals surface area contributed by atoms with Gasteiger partial charge in [-0.05, 0) is 53.4 Å². The van der Waals surface area contributed by atoms with Gasteiger partial charge >= 0.3 is 0 Å². The van der Waals surface area contributed by atoms with E-state index in [1.54, 1.807) is 48.7 Å². The van der Waals surface area contributed by atoms with Crippen molar-refractivity contribution in [2.75, 3.05) is 7.11 Å². The van der Waals surface area contributed by atoms with Crippen LogP contribution in [-0.2, 0) is 13.1 Å². The highest BCUT2D eigenvalue weighted by Gasteiger charge is 2.19. The Kier molecular flexibility index (Phi) is 5.57. The molecule has 1 amide bonds. The molecular formula is C24H21N3O3. The maximum absolute atomic E-state index is 13.3. The van der Waals surface area contributed by atoms with E-state index in [4.69, 9.17) is 4.74 Å². The minimum absolute atomic E-state index is 0.172. The van der Waals surface area contributed by atoms with Gasteiger partial charge in [0.05, 0.1) is 13.7 Å². The van der Waals surface area contributed by atoms with E-state index in [0.717, 1.165) is 16.5 Å². The van der Waals surface area contributed by atoms with Crippen molar-refractivity contribution in [3.63, 3.8) is 0 Å². The molecule has 4 rings (SSSR count). The van der Waals surface area contributed by atoms with E-state index in [0.29, 0.717) is 23.4 Å². The number of nitrogens with zero attached hydrogens (tertiary/aromatic N) is 2. The summed E-state index contributed by atoms with van der Waals surface area (Å²) in [7, 11) is 1.58. The zero-order valence-corrected chi connectivity index (χ0v) is 16.5. The predicted octanol–water partition coefficient (Wildman–Crippen LogP) is 3.77. The molecule has 6 nitrogen and oxygen atoms in total. The van der Waals surface area contributed by atoms with Crippen molar-refractivity contribution >= 4 is 16.8 Å². The van der Waals surface area contributed by atoms with Gasteiger partial charge in [-0.2, -0.15) is 0 Å². The Balaban J connectivity index is 1.68. The number of benzene rings is 2. The second-order valence-corrected chi connectivity index (χ2v) is 6.96. The first kappa shape index (κ1) is 19.4. The third kappa shape index (κ3) is 4.22. The molecule has 1 N–H and O–H groups in total. The van der Waals surface area contributed by atoms with Gasteiger partial charge in [0.2, 0.25) is 0 Å². The second-order valence-electron chi connectivity index (χ2n) is 6.96. The van der Waals surface area contributed by atoms with Crippen LogP contribution in [0.3, 0.4) is 0 Å². The summed E-state index contributed by atoms with van der Waals surface area (Å²) in [5.74, 6) is 0.505. The molecule has 0 unspecified atom stereocenters. The predicted molar refractivity (Wildman–Crippen MR) is 115 cm³/mol. The van der Waals surface area contributed by atoms with Crippen LogP contribution in [-0.4, -0.2) is 27.9 Å². The molecule has 0 fully saturated rings. The Morgan fingerprint density at radius 2 is 1.83 bits per heavy atom. The molecule has 4 aromatic rings. The molecule has 0 spiro atoms. The van der Waals surface area contributed by atoms with Crippen molar-refractivity contribution < 1.29 is 9.53 Å². The van der Waals surface area contributed by atoms with Crippen LogP contribution in [0.1, 0.15) is 21.5 Å². The van der Waals surface area contributed by atoms with Gasteiger partial charge in [0.25, 0.3) is 11.5 Å². The standard InChI is InChI=1S/C24H21N3O3/c1-30-21-10-8-18(9-11-21)24(29)27(15-17-5-4-12-25-14-17)16-20-13-19-6-2-3-7-22(19)26-23(20)28/h2-14H,15-16H2,1H3,(H,26,28). The molecule has 0 aliphatic heterocycles. The number of para-hydroxylation sites is 1. The molecule has 2 heterocycles. The maximum Gasteiger partial charge on any atom is 0.254 e. The lowest BCUT2D eigenvalue weighted by molar-refractivity contribution is 0.0729. The minimum Gasteiger partial charge on any atom is -0.497 e. The molecule has 0 saturated carbocycles. The molecule has 2 aromatic carbocycles. The number of ether oxygens (including phenoxy) is 1. The van der Waals surface area contributed by atoms with Gasteiger partial charge < -0.3 is 14.6 Å². The summed E-state index contributed by atoms with van der Waals surface area (Å²) in [5.41, 5.74) is 2.51. The summed E-state index contributed by atoms with van der Waals surface area (Å²) in [5, 5.41) is 0.922. The van der Waals surface area contributed by atoms with Crippen molar-refractivity contribution in [3.8, 4) is 5.75 Å². The Morgan fingerprint density at radius 3 is 2.57 bits per heavy atom. The summed E-state index contributed by atoms with van der Waals surface area (Å²) in [6.45, 7) is 0.519. The number of amides is 1. The fourth-order valence-corrected chi connectivity index (χ4v) is 3.34. The summed E-state index contributed by atoms with van der Waals surface area (Å²) >= 11 is 0. The van der Waals surface area contributed by atoms with Crippen molar-refractivity contribution in [1.82, 2.24) is 14.9 Å². The number of fused-ring (bicyclic) bond motifs is 1. The molecule has 150 valence electrons. The van der Waals surface area contributed by atoms with Gasteiger partial charge in [-0.15, -0.1) is 0 Å². The Labute approximate surface area is 173 Å². The zero-order valence-electron chi connectivity index (χ0n) is 16.5. The number of H-pyrrole nitrogens is 1. The van der Waals surface area contributed by atoms with Crippen LogP contribution in [0.5, 0.6) is 5.75 Å². The third-order valence-corrected chi connectivity index (χ3v) is 4.91. The quantitative estimate of drug-likeness (QED) is 0.535. The van der Waals surface area contributed by atoms with Crippen LogP contribution in [0.15, 0.2) is 83.9 Å². The summed E-state index contributed by atoms with van der Waals surface area (Å²) in [6, 6.07) is 20.1. The van der Waals surface area contributed by atoms with Crippen LogP contribution in [0, 0.1) is 0 Å². The average Bonchev–Trinajstić information content (AvgIpc) is 2.79. The number of aromatic nitrogens is 2. The molecule has 2 aromatic heterocycles. The van der Waals surface area contributed by atoms with Crippen molar-refractivity contribution in [3.05, 3.63) is 106 Å². The third-order valence-electron chi connectivity index (χ3n) is 4.91. The van der Waals surface area contributed by atoms with Crippen molar-refractivity contribution in [1.29, 1.82) is 0 Å². The van der Waals surface area contributed by atoms with Gasteiger partial charge in [0, 0.05) is 35.6 Å². The van der Waals surface area contributed by atoms with Gasteiger partial charge in [-0.3, -0.25) is 14.6 Å². The molecule has 6 heteroatoms. The minimum atomic E-state index is -0.201. The first-order valence-corrected chi connectivity index (χ1v) is 9.57. The van der Waals surface area contributed by atoms with Crippen LogP contribution in [0.4, 0.5) is 0 Å². The van der Waals surface area contributed by atoms with Crippen LogP contribution < -0.4 is 10.3 Å². The number of carbonyl (C=O) groups excluding carboxylic acids is 1. The van der Waals surface area contributed by atoms with Gasteiger partial charge in [-0.1, -0.05) is 24.3 Å². The van der Waals surface area contributed by atoms with Crippen LogP contribution >= 0.6 is 0 Å². The number of rotatable bonds is 6. The molecule has 0 aliphatic rings. The maximum atomic E-state index is 13.3. The first-order valence-electron chi connectivity index (χ1n) is 9.57. The van der Waals surface area contributed by atoms with E-state index >= 15 is 0 Å². The number of methoxy groups -OCH3 is 1. The fraction of sp³-hybridized carbons (Fsp3) is 0.125. The van der Waals surface area contributed by atoms with Crippen LogP contribution in [0.2, 0.25) is 0 Å². The van der Waals surface area contributed by atoms with E-state index in [2.05, 4.69) is 9.97 Å². The number of aromatic amines is 1. The number of nitrogens with one attached hydrogen (secondary N) is 1. The number of pyridine rings is 2. The van der Waals surface area contributed by atoms with E-state index in [1.807, 2.05) is 42.5 Å². The van der Waals surface area contributed by atoms with E-state index in [9.17, 15) is 9.59 Å². The monoisotopic (exact) mass is 399 g/mol. The van der Waals surface area contributed by atoms with Crippen molar-refractivity contribution in [2.45, 2.75) is 13.1 Å². The summed E-state index contributed by atoms with van der Waals surface area (Å²) in [6.07, 6.45) is 3.41. The number of hydrogen-bond acceptors (Lipinski definition) is 4. The van der Waals surface area contributed by atoms with Crippen molar-refractivity contribution in [2.24, 2.45) is 0 Å².